The van der Waals surface area contributed by atoms with Crippen LogP contribution in [0.5, 0.6) is 0 Å². The number of hydrogen-bond acceptors (Lipinski definition) is 3. The zero-order chi connectivity index (χ0) is 11.7. The maximum Gasteiger partial charge on any atom is 0.410 e. The van der Waals surface area contributed by atoms with Crippen molar-refractivity contribution >= 4 is 18.5 Å². The number of carbonyl (C=O) groups is 1. The van der Waals surface area contributed by atoms with Gasteiger partial charge in [0.25, 0.3) is 0 Å². The summed E-state index contributed by atoms with van der Waals surface area (Å²) < 4.78 is 5.22. The van der Waals surface area contributed by atoms with Crippen molar-refractivity contribution in [2.24, 2.45) is 0 Å². The van der Waals surface area contributed by atoms with Crippen LogP contribution in [-0.2, 0) is 11.2 Å². The van der Waals surface area contributed by atoms with Crippen LogP contribution >= 0.6 is 12.4 Å². The summed E-state index contributed by atoms with van der Waals surface area (Å²) in [4.78, 5) is 13.6. The van der Waals surface area contributed by atoms with Gasteiger partial charge in [-0.3, -0.25) is 4.90 Å². The van der Waals surface area contributed by atoms with E-state index >= 15 is 0 Å². The Hall–Kier alpha value is -1.26. The standard InChI is InChI=1S/C13H16N2O2.ClH/c16-12-15-7-6-14-9-13(15,10-17-12)8-11-4-2-1-3-5-11;/h1-5,14H,6-10H2;1H. The number of halogens is 1. The van der Waals surface area contributed by atoms with Crippen LogP contribution in [0.1, 0.15) is 5.56 Å². The predicted octanol–water partition coefficient (Wildman–Crippen LogP) is 1.45. The summed E-state index contributed by atoms with van der Waals surface area (Å²) >= 11 is 0. The van der Waals surface area contributed by atoms with Gasteiger partial charge >= 0.3 is 6.09 Å². The first kappa shape index (κ1) is 13.2. The van der Waals surface area contributed by atoms with Crippen LogP contribution in [-0.4, -0.2) is 42.8 Å². The smallest absolute Gasteiger partial charge is 0.410 e. The Balaban J connectivity index is 0.00000120. The van der Waals surface area contributed by atoms with Crippen molar-refractivity contribution < 1.29 is 9.53 Å². The van der Waals surface area contributed by atoms with Gasteiger partial charge in [-0.25, -0.2) is 4.79 Å². The number of cyclic esters (lactones) is 1. The van der Waals surface area contributed by atoms with Crippen LogP contribution in [0, 0.1) is 0 Å². The molecule has 0 bridgehead atoms. The molecule has 0 radical (unpaired) electrons. The van der Waals surface area contributed by atoms with E-state index in [9.17, 15) is 4.79 Å². The van der Waals surface area contributed by atoms with Crippen molar-refractivity contribution in [3.05, 3.63) is 35.9 Å². The molecule has 0 aromatic heterocycles. The van der Waals surface area contributed by atoms with Gasteiger partial charge in [0.15, 0.2) is 0 Å². The molecule has 4 nitrogen and oxygen atoms in total. The zero-order valence-electron chi connectivity index (χ0n) is 10.1. The zero-order valence-corrected chi connectivity index (χ0v) is 10.9. The summed E-state index contributed by atoms with van der Waals surface area (Å²) in [5, 5.41) is 3.36. The quantitative estimate of drug-likeness (QED) is 0.883. The van der Waals surface area contributed by atoms with Crippen LogP contribution in [0.4, 0.5) is 4.79 Å². The highest BCUT2D eigenvalue weighted by molar-refractivity contribution is 5.85. The third kappa shape index (κ3) is 2.18. The maximum atomic E-state index is 11.7. The molecule has 1 atom stereocenters. The second-order valence-corrected chi connectivity index (χ2v) is 4.77. The lowest BCUT2D eigenvalue weighted by atomic mass is 9.89. The molecule has 1 N–H and O–H groups in total. The first-order valence-electron chi connectivity index (χ1n) is 5.99. The highest BCUT2D eigenvalue weighted by Gasteiger charge is 2.48. The average molecular weight is 269 g/mol. The van der Waals surface area contributed by atoms with Gasteiger partial charge < -0.3 is 10.1 Å². The highest BCUT2D eigenvalue weighted by Crippen LogP contribution is 2.29. The molecule has 1 amide bonds. The monoisotopic (exact) mass is 268 g/mol. The molecule has 2 saturated heterocycles. The van der Waals surface area contributed by atoms with E-state index in [1.807, 2.05) is 23.1 Å². The number of ether oxygens (including phenoxy) is 1. The average Bonchev–Trinajstić information content (AvgIpc) is 2.69. The highest BCUT2D eigenvalue weighted by atomic mass is 35.5. The van der Waals surface area contributed by atoms with Crippen LogP contribution in [0.15, 0.2) is 30.3 Å². The normalized spacial score (nSPS) is 26.2. The van der Waals surface area contributed by atoms with E-state index < -0.39 is 0 Å². The van der Waals surface area contributed by atoms with Crippen molar-refractivity contribution in [3.63, 3.8) is 0 Å². The second kappa shape index (κ2) is 5.16. The van der Waals surface area contributed by atoms with E-state index in [1.54, 1.807) is 0 Å². The van der Waals surface area contributed by atoms with Gasteiger partial charge in [0, 0.05) is 26.1 Å². The summed E-state index contributed by atoms with van der Waals surface area (Å²) in [7, 11) is 0. The van der Waals surface area contributed by atoms with E-state index in [1.165, 1.54) is 5.56 Å². The van der Waals surface area contributed by atoms with Crippen molar-refractivity contribution in [2.75, 3.05) is 26.2 Å². The van der Waals surface area contributed by atoms with Crippen LogP contribution in [0.3, 0.4) is 0 Å². The molecule has 2 heterocycles. The number of rotatable bonds is 2. The number of piperazine rings is 1. The first-order valence-corrected chi connectivity index (χ1v) is 5.99. The topological polar surface area (TPSA) is 41.6 Å². The Bertz CT molecular complexity index is 426. The minimum absolute atomic E-state index is 0. The lowest BCUT2D eigenvalue weighted by Crippen LogP contribution is -2.61. The molecule has 5 heteroatoms. The van der Waals surface area contributed by atoms with Gasteiger partial charge in [-0.2, -0.15) is 0 Å². The Morgan fingerprint density at radius 3 is 2.89 bits per heavy atom. The van der Waals surface area contributed by atoms with E-state index in [2.05, 4.69) is 17.4 Å². The lowest BCUT2D eigenvalue weighted by molar-refractivity contribution is 0.129. The maximum absolute atomic E-state index is 11.7. The largest absolute Gasteiger partial charge is 0.447 e. The van der Waals surface area contributed by atoms with Crippen molar-refractivity contribution in [1.82, 2.24) is 10.2 Å². The minimum atomic E-state index is -0.184. The van der Waals surface area contributed by atoms with Gasteiger partial charge in [-0.15, -0.1) is 12.4 Å². The molecule has 2 fully saturated rings. The predicted molar refractivity (Wildman–Crippen MR) is 71.0 cm³/mol. The molecule has 2 aliphatic heterocycles. The second-order valence-electron chi connectivity index (χ2n) is 4.77. The number of nitrogens with zero attached hydrogens (tertiary/aromatic N) is 1. The van der Waals surface area contributed by atoms with Crippen LogP contribution < -0.4 is 5.32 Å². The fraction of sp³-hybridized carbons (Fsp3) is 0.462. The Labute approximate surface area is 113 Å². The Morgan fingerprint density at radius 1 is 1.33 bits per heavy atom. The molecule has 0 aliphatic carbocycles. The molecule has 18 heavy (non-hydrogen) atoms. The molecular weight excluding hydrogens is 252 g/mol. The van der Waals surface area contributed by atoms with E-state index in [0.717, 1.165) is 26.1 Å². The van der Waals surface area contributed by atoms with Crippen LogP contribution in [0.25, 0.3) is 0 Å². The molecule has 1 unspecified atom stereocenters. The number of hydrogen-bond donors (Lipinski definition) is 1. The van der Waals surface area contributed by atoms with Crippen molar-refractivity contribution in [3.8, 4) is 0 Å². The molecule has 0 saturated carbocycles. The van der Waals surface area contributed by atoms with Gasteiger partial charge in [0.1, 0.15) is 6.61 Å². The molecule has 0 spiro atoms. The van der Waals surface area contributed by atoms with E-state index in [0.29, 0.717) is 6.61 Å². The van der Waals surface area contributed by atoms with E-state index in [-0.39, 0.29) is 24.0 Å². The fourth-order valence-corrected chi connectivity index (χ4v) is 2.72. The summed E-state index contributed by atoms with van der Waals surface area (Å²) in [5.41, 5.74) is 1.07. The summed E-state index contributed by atoms with van der Waals surface area (Å²) in [5.74, 6) is 0. The number of fused-ring (bicyclic) bond motifs is 1. The van der Waals surface area contributed by atoms with Crippen molar-refractivity contribution in [2.45, 2.75) is 12.0 Å². The fourth-order valence-electron chi connectivity index (χ4n) is 2.72. The first-order chi connectivity index (χ1) is 8.30. The minimum Gasteiger partial charge on any atom is -0.447 e. The number of amides is 1. The summed E-state index contributed by atoms with van der Waals surface area (Å²) in [6.07, 6.45) is 0.689. The molecule has 2 aliphatic rings. The van der Waals surface area contributed by atoms with Crippen molar-refractivity contribution in [1.29, 1.82) is 0 Å². The SMILES string of the molecule is Cl.O=C1OCC2(Cc3ccccc3)CNCCN12. The Kier molecular flexibility index (Phi) is 3.78. The lowest BCUT2D eigenvalue weighted by Gasteiger charge is -2.39. The van der Waals surface area contributed by atoms with Gasteiger partial charge in [0.2, 0.25) is 0 Å². The number of nitrogens with one attached hydrogen (secondary N) is 1. The molecule has 1 aromatic rings. The molecule has 3 rings (SSSR count). The third-order valence-corrected chi connectivity index (χ3v) is 3.60. The number of carbonyl (C=O) groups excluding carboxylic acids is 1. The van der Waals surface area contributed by atoms with Gasteiger partial charge in [-0.1, -0.05) is 30.3 Å². The summed E-state index contributed by atoms with van der Waals surface area (Å²) in [6, 6.07) is 10.3. The summed E-state index contributed by atoms with van der Waals surface area (Å²) in [6.45, 7) is 2.90. The van der Waals surface area contributed by atoms with Crippen LogP contribution in [0.2, 0.25) is 0 Å². The van der Waals surface area contributed by atoms with Gasteiger partial charge in [-0.05, 0) is 5.56 Å². The third-order valence-electron chi connectivity index (χ3n) is 3.60. The Morgan fingerprint density at radius 2 is 2.11 bits per heavy atom. The van der Waals surface area contributed by atoms with Gasteiger partial charge in [0.05, 0.1) is 5.54 Å². The molecule has 1 aromatic carbocycles. The molecule has 98 valence electrons. The van der Waals surface area contributed by atoms with E-state index in [4.69, 9.17) is 4.74 Å². The molecular formula is C13H17ClN2O2. The number of benzene rings is 1.